The van der Waals surface area contributed by atoms with Crippen molar-refractivity contribution in [3.8, 4) is 5.75 Å². The maximum Gasteiger partial charge on any atom is 0.325 e. The van der Waals surface area contributed by atoms with Crippen LogP contribution in [0.4, 0.5) is 0 Å². The van der Waals surface area contributed by atoms with Crippen molar-refractivity contribution in [2.45, 2.75) is 29.9 Å². The minimum atomic E-state index is -4.12. The summed E-state index contributed by atoms with van der Waals surface area (Å²) >= 11 is 5.89. The highest BCUT2D eigenvalue weighted by atomic mass is 35.5. The monoisotopic (exact) mass is 466 g/mol. The average molecular weight is 467 g/mol. The fourth-order valence-electron chi connectivity index (χ4n) is 3.87. The van der Waals surface area contributed by atoms with E-state index in [2.05, 4.69) is 0 Å². The van der Waals surface area contributed by atoms with Crippen molar-refractivity contribution < 1.29 is 32.2 Å². The molecule has 9 heteroatoms. The molecule has 2 aromatic carbocycles. The molecule has 7 nitrogen and oxygen atoms in total. The van der Waals surface area contributed by atoms with Crippen LogP contribution in [0, 0.1) is 5.41 Å². The van der Waals surface area contributed by atoms with Crippen molar-refractivity contribution in [1.82, 2.24) is 0 Å². The molecule has 0 N–H and O–H groups in total. The maximum absolute atomic E-state index is 13.6. The molecule has 0 spiro atoms. The Morgan fingerprint density at radius 3 is 1.90 bits per heavy atom. The van der Waals surface area contributed by atoms with Crippen molar-refractivity contribution in [3.05, 3.63) is 59.1 Å². The lowest BCUT2D eigenvalue weighted by Crippen LogP contribution is -2.35. The second-order valence-corrected chi connectivity index (χ2v) is 9.49. The fraction of sp³-hybridized carbons (Fsp3) is 0.364. The molecule has 1 saturated carbocycles. The summed E-state index contributed by atoms with van der Waals surface area (Å²) in [5.41, 5.74) is -1.51. The summed E-state index contributed by atoms with van der Waals surface area (Å²) in [6.07, 6.45) is 0. The molecule has 1 fully saturated rings. The summed E-state index contributed by atoms with van der Waals surface area (Å²) in [4.78, 5) is 26.1. The van der Waals surface area contributed by atoms with Crippen LogP contribution in [0.3, 0.4) is 0 Å². The van der Waals surface area contributed by atoms with Gasteiger partial charge in [0.15, 0.2) is 15.3 Å². The van der Waals surface area contributed by atoms with Crippen molar-refractivity contribution in [1.29, 1.82) is 0 Å². The normalized spacial score (nSPS) is 19.4. The molecule has 2 atom stereocenters. The Bertz CT molecular complexity index is 1040. The molecule has 1 aliphatic rings. The van der Waals surface area contributed by atoms with Crippen LogP contribution in [0.15, 0.2) is 53.4 Å². The van der Waals surface area contributed by atoms with Gasteiger partial charge < -0.3 is 14.2 Å². The zero-order chi connectivity index (χ0) is 22.8. The second kappa shape index (κ2) is 8.88. The minimum absolute atomic E-state index is 0.0109. The fourth-order valence-corrected chi connectivity index (χ4v) is 6.29. The number of rotatable bonds is 8. The zero-order valence-corrected chi connectivity index (χ0v) is 18.9. The number of hydrogen-bond acceptors (Lipinski definition) is 7. The van der Waals surface area contributed by atoms with E-state index in [0.717, 1.165) is 0 Å². The van der Waals surface area contributed by atoms with Crippen LogP contribution >= 0.6 is 11.6 Å². The molecule has 0 radical (unpaired) electrons. The van der Waals surface area contributed by atoms with Gasteiger partial charge in [0.25, 0.3) is 0 Å². The topological polar surface area (TPSA) is 96.0 Å². The molecular weight excluding hydrogens is 444 g/mol. The van der Waals surface area contributed by atoms with E-state index in [0.29, 0.717) is 16.3 Å². The predicted molar refractivity (Wildman–Crippen MR) is 114 cm³/mol. The van der Waals surface area contributed by atoms with Gasteiger partial charge in [-0.2, -0.15) is 0 Å². The van der Waals surface area contributed by atoms with E-state index < -0.39 is 38.4 Å². The molecule has 0 aromatic heterocycles. The van der Waals surface area contributed by atoms with E-state index in [-0.39, 0.29) is 18.1 Å². The van der Waals surface area contributed by atoms with Crippen LogP contribution in [0.1, 0.15) is 25.3 Å². The number of sulfone groups is 1. The molecule has 31 heavy (non-hydrogen) atoms. The molecule has 0 aliphatic heterocycles. The Balaban J connectivity index is 2.18. The molecule has 2 aromatic rings. The minimum Gasteiger partial charge on any atom is -0.497 e. The second-order valence-electron chi connectivity index (χ2n) is 6.98. The van der Waals surface area contributed by atoms with Crippen LogP contribution in [-0.2, 0) is 28.9 Å². The van der Waals surface area contributed by atoms with Crippen molar-refractivity contribution >= 4 is 33.4 Å². The summed E-state index contributed by atoms with van der Waals surface area (Å²) in [6.45, 7) is 3.15. The van der Waals surface area contributed by atoms with E-state index >= 15 is 0 Å². The highest BCUT2D eigenvalue weighted by Gasteiger charge is 2.81. The summed E-state index contributed by atoms with van der Waals surface area (Å²) in [7, 11) is -2.62. The van der Waals surface area contributed by atoms with Crippen molar-refractivity contribution in [3.63, 3.8) is 0 Å². The highest BCUT2D eigenvalue weighted by molar-refractivity contribution is 7.92. The lowest BCUT2D eigenvalue weighted by molar-refractivity contribution is -0.164. The number of halogens is 1. The quantitative estimate of drug-likeness (QED) is 0.434. The third-order valence-corrected chi connectivity index (χ3v) is 7.80. The number of esters is 2. The van der Waals surface area contributed by atoms with Gasteiger partial charge in [-0.1, -0.05) is 23.7 Å². The zero-order valence-electron chi connectivity index (χ0n) is 17.3. The summed E-state index contributed by atoms with van der Waals surface area (Å²) in [5.74, 6) is -2.26. The molecule has 0 amide bonds. The number of ether oxygens (including phenoxy) is 3. The summed E-state index contributed by atoms with van der Waals surface area (Å²) < 4.78 is 42.6. The van der Waals surface area contributed by atoms with E-state index in [9.17, 15) is 18.0 Å². The van der Waals surface area contributed by atoms with Gasteiger partial charge in [-0.05, 0) is 55.8 Å². The van der Waals surface area contributed by atoms with E-state index in [4.69, 9.17) is 25.8 Å². The third-order valence-electron chi connectivity index (χ3n) is 5.31. The maximum atomic E-state index is 13.6. The standard InChI is InChI=1S/C22H23ClO7S/c1-4-29-20(24)22(21(25)30-5-2)18(14-6-10-16(28-3)11-7-14)19(22)31(26,27)17-12-8-15(23)9-13-17/h6-13,18-19H,4-5H2,1-3H3/t18-,19-/m0/s1. The van der Waals surface area contributed by atoms with Crippen LogP contribution in [0.2, 0.25) is 5.02 Å². The summed E-state index contributed by atoms with van der Waals surface area (Å²) in [6, 6.07) is 12.1. The molecule has 0 saturated heterocycles. The third kappa shape index (κ3) is 3.90. The largest absolute Gasteiger partial charge is 0.497 e. The highest BCUT2D eigenvalue weighted by Crippen LogP contribution is 2.65. The molecule has 0 bridgehead atoms. The summed E-state index contributed by atoms with van der Waals surface area (Å²) in [5, 5.41) is -1.02. The number of benzene rings is 2. The van der Waals surface area contributed by atoms with Gasteiger partial charge in [0.1, 0.15) is 11.0 Å². The predicted octanol–water partition coefficient (Wildman–Crippen LogP) is 3.40. The Kier molecular flexibility index (Phi) is 6.62. The van der Waals surface area contributed by atoms with Gasteiger partial charge in [0.2, 0.25) is 0 Å². The van der Waals surface area contributed by atoms with Gasteiger partial charge in [-0.3, -0.25) is 9.59 Å². The first-order chi connectivity index (χ1) is 14.7. The first kappa shape index (κ1) is 23.1. The first-order valence-electron chi connectivity index (χ1n) is 9.72. The molecule has 166 valence electrons. The number of carbonyl (C=O) groups excluding carboxylic acids is 2. The van der Waals surface area contributed by atoms with E-state index in [1.165, 1.54) is 31.4 Å². The van der Waals surface area contributed by atoms with Crippen LogP contribution < -0.4 is 4.74 Å². The molecule has 0 unspecified atom stereocenters. The lowest BCUT2D eigenvalue weighted by Gasteiger charge is -2.15. The van der Waals surface area contributed by atoms with Crippen LogP contribution in [0.25, 0.3) is 0 Å². The van der Waals surface area contributed by atoms with E-state index in [1.54, 1.807) is 38.1 Å². The smallest absolute Gasteiger partial charge is 0.325 e. The van der Waals surface area contributed by atoms with Gasteiger partial charge in [-0.25, -0.2) is 8.42 Å². The Hall–Kier alpha value is -2.58. The Morgan fingerprint density at radius 1 is 0.935 bits per heavy atom. The first-order valence-corrected chi connectivity index (χ1v) is 11.6. The van der Waals surface area contributed by atoms with Crippen LogP contribution in [0.5, 0.6) is 5.75 Å². The van der Waals surface area contributed by atoms with Gasteiger partial charge >= 0.3 is 11.9 Å². The molecule has 0 heterocycles. The lowest BCUT2D eigenvalue weighted by atomic mass is 9.99. The van der Waals surface area contributed by atoms with Gasteiger partial charge in [0, 0.05) is 10.9 Å². The van der Waals surface area contributed by atoms with Crippen molar-refractivity contribution in [2.24, 2.45) is 5.41 Å². The Morgan fingerprint density at radius 2 is 1.45 bits per heavy atom. The van der Waals surface area contributed by atoms with E-state index in [1.807, 2.05) is 0 Å². The van der Waals surface area contributed by atoms with Crippen LogP contribution in [-0.4, -0.2) is 45.9 Å². The molecule has 3 rings (SSSR count). The number of hydrogen-bond donors (Lipinski definition) is 0. The van der Waals surface area contributed by atoms with Crippen molar-refractivity contribution in [2.75, 3.05) is 20.3 Å². The average Bonchev–Trinajstić information content (AvgIpc) is 3.47. The van der Waals surface area contributed by atoms with Gasteiger partial charge in [-0.15, -0.1) is 0 Å². The number of carbonyl (C=O) groups is 2. The number of methoxy groups -OCH3 is 1. The molecule has 1 aliphatic carbocycles. The SMILES string of the molecule is CCOC(=O)C1(C(=O)OCC)[C@@H](c2ccc(OC)cc2)[C@@H]1S(=O)(=O)c1ccc(Cl)cc1. The Labute approximate surface area is 186 Å². The van der Waals surface area contributed by atoms with Gasteiger partial charge in [0.05, 0.1) is 25.2 Å². The molecular formula is C22H23ClO7S.